The van der Waals surface area contributed by atoms with E-state index in [1.807, 2.05) is 11.8 Å². The minimum atomic E-state index is -0.0825. The number of rotatable bonds is 3. The van der Waals surface area contributed by atoms with Crippen LogP contribution in [0.2, 0.25) is 0 Å². The molecule has 0 bridgehead atoms. The Morgan fingerprint density at radius 1 is 1.35 bits per heavy atom. The van der Waals surface area contributed by atoms with Gasteiger partial charge in [0.15, 0.2) is 22.1 Å². The SMILES string of the molecule is Cc1cnc(NC(=O)C2CN(c3ncnc4c3nnn4C)C2)s1. The molecule has 3 aromatic rings. The van der Waals surface area contributed by atoms with Crippen LogP contribution in [0.3, 0.4) is 0 Å². The third-order valence-corrected chi connectivity index (χ3v) is 4.60. The molecular weight excluding hydrogens is 316 g/mol. The van der Waals surface area contributed by atoms with Gasteiger partial charge in [0.25, 0.3) is 0 Å². The summed E-state index contributed by atoms with van der Waals surface area (Å²) in [6.07, 6.45) is 3.24. The molecule has 118 valence electrons. The van der Waals surface area contributed by atoms with E-state index < -0.39 is 0 Å². The van der Waals surface area contributed by atoms with E-state index >= 15 is 0 Å². The van der Waals surface area contributed by atoms with Crippen LogP contribution < -0.4 is 10.2 Å². The summed E-state index contributed by atoms with van der Waals surface area (Å²) in [6.45, 7) is 3.15. The lowest BCUT2D eigenvalue weighted by Gasteiger charge is -2.38. The number of fused-ring (bicyclic) bond motifs is 1. The third-order valence-electron chi connectivity index (χ3n) is 3.77. The monoisotopic (exact) mass is 330 g/mol. The highest BCUT2D eigenvalue weighted by molar-refractivity contribution is 7.15. The van der Waals surface area contributed by atoms with Gasteiger partial charge in [0.1, 0.15) is 6.33 Å². The van der Waals surface area contributed by atoms with E-state index in [4.69, 9.17) is 0 Å². The number of carbonyl (C=O) groups excluding carboxylic acids is 1. The fraction of sp³-hybridized carbons (Fsp3) is 0.385. The molecule has 0 unspecified atom stereocenters. The maximum absolute atomic E-state index is 12.2. The Morgan fingerprint density at radius 2 is 2.17 bits per heavy atom. The summed E-state index contributed by atoms with van der Waals surface area (Å²) in [5.74, 6) is 0.623. The van der Waals surface area contributed by atoms with Crippen LogP contribution >= 0.6 is 11.3 Å². The van der Waals surface area contributed by atoms with Crippen molar-refractivity contribution in [1.82, 2.24) is 29.9 Å². The predicted molar refractivity (Wildman–Crippen MR) is 85.3 cm³/mol. The lowest BCUT2D eigenvalue weighted by molar-refractivity contribution is -0.120. The van der Waals surface area contributed by atoms with E-state index in [2.05, 4.69) is 30.6 Å². The first-order valence-electron chi connectivity index (χ1n) is 7.10. The second-order valence-electron chi connectivity index (χ2n) is 5.45. The molecule has 3 aromatic heterocycles. The summed E-state index contributed by atoms with van der Waals surface area (Å²) in [7, 11) is 1.79. The molecule has 0 atom stereocenters. The van der Waals surface area contributed by atoms with Crippen molar-refractivity contribution in [3.63, 3.8) is 0 Å². The van der Waals surface area contributed by atoms with E-state index in [0.717, 1.165) is 10.7 Å². The van der Waals surface area contributed by atoms with Gasteiger partial charge in [-0.2, -0.15) is 0 Å². The van der Waals surface area contributed by atoms with Gasteiger partial charge < -0.3 is 10.2 Å². The van der Waals surface area contributed by atoms with Gasteiger partial charge in [-0.05, 0) is 6.92 Å². The van der Waals surface area contributed by atoms with Gasteiger partial charge in [-0.1, -0.05) is 5.21 Å². The van der Waals surface area contributed by atoms with Crippen LogP contribution in [-0.4, -0.2) is 48.9 Å². The third kappa shape index (κ3) is 2.40. The van der Waals surface area contributed by atoms with Crippen molar-refractivity contribution in [1.29, 1.82) is 0 Å². The predicted octanol–water partition coefficient (Wildman–Crippen LogP) is 0.598. The number of nitrogens with zero attached hydrogens (tertiary/aromatic N) is 7. The summed E-state index contributed by atoms with van der Waals surface area (Å²) in [4.78, 5) is 27.9. The number of amides is 1. The Labute approximate surface area is 135 Å². The molecule has 10 heteroatoms. The smallest absolute Gasteiger partial charge is 0.232 e. The van der Waals surface area contributed by atoms with Crippen LogP contribution in [0, 0.1) is 12.8 Å². The molecule has 1 saturated heterocycles. The van der Waals surface area contributed by atoms with Crippen LogP contribution in [0.25, 0.3) is 11.2 Å². The largest absolute Gasteiger partial charge is 0.353 e. The molecule has 1 amide bonds. The summed E-state index contributed by atoms with van der Waals surface area (Å²) < 4.78 is 1.61. The average molecular weight is 330 g/mol. The van der Waals surface area contributed by atoms with Crippen molar-refractivity contribution in [2.24, 2.45) is 13.0 Å². The molecule has 23 heavy (non-hydrogen) atoms. The first kappa shape index (κ1) is 14.0. The number of carbonyl (C=O) groups is 1. The Bertz CT molecular complexity index is 881. The molecule has 0 saturated carbocycles. The van der Waals surface area contributed by atoms with Crippen molar-refractivity contribution in [3.8, 4) is 0 Å². The molecule has 0 radical (unpaired) electrons. The van der Waals surface area contributed by atoms with Crippen LogP contribution in [0.1, 0.15) is 4.88 Å². The lowest BCUT2D eigenvalue weighted by Crippen LogP contribution is -2.52. The van der Waals surface area contributed by atoms with Crippen molar-refractivity contribution in [3.05, 3.63) is 17.4 Å². The Morgan fingerprint density at radius 3 is 2.91 bits per heavy atom. The quantitative estimate of drug-likeness (QED) is 0.750. The fourth-order valence-electron chi connectivity index (χ4n) is 2.51. The highest BCUT2D eigenvalue weighted by Crippen LogP contribution is 2.28. The molecule has 1 N–H and O–H groups in total. The van der Waals surface area contributed by atoms with E-state index in [9.17, 15) is 4.79 Å². The van der Waals surface area contributed by atoms with Gasteiger partial charge in [-0.3, -0.25) is 4.79 Å². The van der Waals surface area contributed by atoms with Gasteiger partial charge >= 0.3 is 0 Å². The number of thiazole rings is 1. The minimum Gasteiger partial charge on any atom is -0.353 e. The van der Waals surface area contributed by atoms with Crippen LogP contribution in [0.15, 0.2) is 12.5 Å². The number of hydrogen-bond donors (Lipinski definition) is 1. The number of anilines is 2. The van der Waals surface area contributed by atoms with E-state index in [0.29, 0.717) is 29.4 Å². The summed E-state index contributed by atoms with van der Waals surface area (Å²) in [5, 5.41) is 11.6. The molecule has 9 nitrogen and oxygen atoms in total. The molecule has 1 fully saturated rings. The molecule has 0 aromatic carbocycles. The van der Waals surface area contributed by atoms with Crippen molar-refractivity contribution < 1.29 is 4.79 Å². The number of aromatic nitrogens is 6. The summed E-state index contributed by atoms with van der Waals surface area (Å²) >= 11 is 1.47. The zero-order valence-electron chi connectivity index (χ0n) is 12.6. The topological polar surface area (TPSA) is 102 Å². The second kappa shape index (κ2) is 5.23. The molecule has 4 rings (SSSR count). The van der Waals surface area contributed by atoms with Gasteiger partial charge in [-0.15, -0.1) is 16.4 Å². The lowest BCUT2D eigenvalue weighted by atomic mass is 9.99. The van der Waals surface area contributed by atoms with Gasteiger partial charge in [0, 0.05) is 31.2 Å². The number of hydrogen-bond acceptors (Lipinski definition) is 8. The zero-order chi connectivity index (χ0) is 16.0. The molecule has 0 aliphatic carbocycles. The van der Waals surface area contributed by atoms with Crippen molar-refractivity contribution >= 4 is 39.4 Å². The van der Waals surface area contributed by atoms with E-state index in [-0.39, 0.29) is 11.8 Å². The molecule has 0 spiro atoms. The Kier molecular flexibility index (Phi) is 3.18. The van der Waals surface area contributed by atoms with E-state index in [1.54, 1.807) is 17.9 Å². The first-order valence-corrected chi connectivity index (χ1v) is 7.92. The van der Waals surface area contributed by atoms with Gasteiger partial charge in [0.2, 0.25) is 5.91 Å². The Balaban J connectivity index is 1.45. The highest BCUT2D eigenvalue weighted by atomic mass is 32.1. The normalized spacial score (nSPS) is 15.0. The zero-order valence-corrected chi connectivity index (χ0v) is 13.4. The minimum absolute atomic E-state index is 0.0138. The maximum atomic E-state index is 12.2. The first-order chi connectivity index (χ1) is 11.1. The van der Waals surface area contributed by atoms with Crippen molar-refractivity contribution in [2.75, 3.05) is 23.3 Å². The molecule has 4 heterocycles. The van der Waals surface area contributed by atoms with Crippen LogP contribution in [0.5, 0.6) is 0 Å². The molecular formula is C13H14N8OS. The second-order valence-corrected chi connectivity index (χ2v) is 6.68. The van der Waals surface area contributed by atoms with Crippen LogP contribution in [-0.2, 0) is 11.8 Å². The van der Waals surface area contributed by atoms with Gasteiger partial charge in [-0.25, -0.2) is 19.6 Å². The van der Waals surface area contributed by atoms with Gasteiger partial charge in [0.05, 0.1) is 5.92 Å². The van der Waals surface area contributed by atoms with Crippen molar-refractivity contribution in [2.45, 2.75) is 6.92 Å². The summed E-state index contributed by atoms with van der Waals surface area (Å²) in [6, 6.07) is 0. The van der Waals surface area contributed by atoms with E-state index in [1.165, 1.54) is 17.7 Å². The standard InChI is InChI=1S/C13H14N8OS/c1-7-3-14-13(23-7)17-12(22)8-4-21(5-8)11-9-10(15-6-16-11)20(2)19-18-9/h3,6,8H,4-5H2,1-2H3,(H,14,17,22). The highest BCUT2D eigenvalue weighted by Gasteiger charge is 2.35. The maximum Gasteiger partial charge on any atom is 0.232 e. The average Bonchev–Trinajstić information content (AvgIpc) is 3.05. The fourth-order valence-corrected chi connectivity index (χ4v) is 3.18. The van der Waals surface area contributed by atoms with Crippen LogP contribution in [0.4, 0.5) is 10.9 Å². The number of aryl methyl sites for hydroxylation is 2. The summed E-state index contributed by atoms with van der Waals surface area (Å²) in [5.41, 5.74) is 1.34. The number of nitrogens with one attached hydrogen (secondary N) is 1. The molecule has 1 aliphatic heterocycles. The Hall–Kier alpha value is -2.62. The molecule has 1 aliphatic rings.